The lowest BCUT2D eigenvalue weighted by molar-refractivity contribution is -0.141. The fourth-order valence-electron chi connectivity index (χ4n) is 3.83. The van der Waals surface area contributed by atoms with E-state index in [1.54, 1.807) is 25.1 Å². The van der Waals surface area contributed by atoms with Gasteiger partial charge >= 0.3 is 6.18 Å². The molecule has 4 aromatic heterocycles. The van der Waals surface area contributed by atoms with E-state index < -0.39 is 23.7 Å². The summed E-state index contributed by atoms with van der Waals surface area (Å²) in [6.07, 6.45) is -1.06. The monoisotopic (exact) mass is 588 g/mol. The highest BCUT2D eigenvalue weighted by atomic mass is 79.9. The zero-order valence-electron chi connectivity index (χ0n) is 19.3. The highest BCUT2D eigenvalue weighted by Gasteiger charge is 2.34. The van der Waals surface area contributed by atoms with Crippen molar-refractivity contribution in [3.63, 3.8) is 0 Å². The second-order valence-corrected chi connectivity index (χ2v) is 8.95. The minimum atomic E-state index is -4.66. The van der Waals surface area contributed by atoms with Crippen molar-refractivity contribution in [2.45, 2.75) is 19.6 Å². The Labute approximate surface area is 219 Å². The van der Waals surface area contributed by atoms with Crippen molar-refractivity contribution in [2.24, 2.45) is 5.73 Å². The molecule has 38 heavy (non-hydrogen) atoms. The number of carbonyl (C=O) groups is 2. The molecule has 0 fully saturated rings. The summed E-state index contributed by atoms with van der Waals surface area (Å²) < 4.78 is 40.5. The molecule has 0 unspecified atom stereocenters. The van der Waals surface area contributed by atoms with E-state index in [-0.39, 0.29) is 35.0 Å². The first kappa shape index (κ1) is 25.1. The summed E-state index contributed by atoms with van der Waals surface area (Å²) in [5, 5.41) is 21.4. The number of halogens is 4. The number of nitrogens with two attached hydrogens (primary N) is 1. The third-order valence-electron chi connectivity index (χ3n) is 5.48. The SMILES string of the molecule is Cc1cc2cn[nH]c2c(C(N)=O)c1NC(=O)c1cc(Cn2ncc(C(F)(F)F)n2)nn1-c1ncccc1Br. The maximum Gasteiger partial charge on any atom is 0.436 e. The van der Waals surface area contributed by atoms with E-state index in [1.807, 2.05) is 0 Å². The van der Waals surface area contributed by atoms with Gasteiger partial charge in [-0.05, 0) is 52.7 Å². The maximum absolute atomic E-state index is 13.5. The third kappa shape index (κ3) is 4.60. The molecule has 0 radical (unpaired) electrons. The van der Waals surface area contributed by atoms with Crippen LogP contribution in [0, 0.1) is 6.92 Å². The maximum atomic E-state index is 13.5. The number of rotatable bonds is 6. The van der Waals surface area contributed by atoms with Crippen molar-refractivity contribution < 1.29 is 22.8 Å². The van der Waals surface area contributed by atoms with Gasteiger partial charge in [0.2, 0.25) is 0 Å². The number of fused-ring (bicyclic) bond motifs is 1. The molecule has 0 atom stereocenters. The summed E-state index contributed by atoms with van der Waals surface area (Å²) in [5.41, 5.74) is 5.71. The first-order valence-electron chi connectivity index (χ1n) is 10.8. The summed E-state index contributed by atoms with van der Waals surface area (Å²) in [6, 6.07) is 6.42. The molecule has 0 saturated carbocycles. The molecule has 5 aromatic rings. The van der Waals surface area contributed by atoms with E-state index in [9.17, 15) is 22.8 Å². The number of hydrogen-bond acceptors (Lipinski definition) is 7. The van der Waals surface area contributed by atoms with Crippen LogP contribution in [0.2, 0.25) is 0 Å². The normalized spacial score (nSPS) is 11.7. The molecule has 5 rings (SSSR count). The minimum absolute atomic E-state index is 0.0258. The van der Waals surface area contributed by atoms with Crippen LogP contribution in [-0.4, -0.2) is 51.8 Å². The van der Waals surface area contributed by atoms with Crippen LogP contribution in [0.3, 0.4) is 0 Å². The van der Waals surface area contributed by atoms with Crippen LogP contribution in [0.15, 0.2) is 47.3 Å². The molecular weight excluding hydrogens is 573 g/mol. The van der Waals surface area contributed by atoms with E-state index in [1.165, 1.54) is 23.1 Å². The molecule has 1 aromatic carbocycles. The number of H-pyrrole nitrogens is 1. The van der Waals surface area contributed by atoms with Crippen molar-refractivity contribution in [3.05, 3.63) is 75.5 Å². The fraction of sp³-hybridized carbons (Fsp3) is 0.136. The van der Waals surface area contributed by atoms with Gasteiger partial charge in [-0.2, -0.15) is 33.3 Å². The Morgan fingerprint density at radius 3 is 2.68 bits per heavy atom. The molecule has 4 heterocycles. The van der Waals surface area contributed by atoms with Crippen LogP contribution in [-0.2, 0) is 12.7 Å². The molecule has 0 bridgehead atoms. The van der Waals surface area contributed by atoms with Crippen LogP contribution >= 0.6 is 15.9 Å². The average molecular weight is 589 g/mol. The Hall–Kier alpha value is -4.60. The van der Waals surface area contributed by atoms with Crippen LogP contribution < -0.4 is 11.1 Å². The Bertz CT molecular complexity index is 1710. The lowest BCUT2D eigenvalue weighted by atomic mass is 10.0. The number of benzene rings is 1. The lowest BCUT2D eigenvalue weighted by Crippen LogP contribution is -2.22. The van der Waals surface area contributed by atoms with Crippen LogP contribution in [0.5, 0.6) is 0 Å². The van der Waals surface area contributed by atoms with Crippen molar-refractivity contribution in [1.82, 2.24) is 40.0 Å². The quantitative estimate of drug-likeness (QED) is 0.274. The molecule has 16 heteroatoms. The first-order chi connectivity index (χ1) is 18.0. The van der Waals surface area contributed by atoms with Gasteiger partial charge in [-0.15, -0.1) is 5.10 Å². The molecule has 0 aliphatic heterocycles. The predicted molar refractivity (Wildman–Crippen MR) is 130 cm³/mol. The number of nitrogens with one attached hydrogen (secondary N) is 2. The summed E-state index contributed by atoms with van der Waals surface area (Å²) in [6.45, 7) is 1.42. The highest BCUT2D eigenvalue weighted by molar-refractivity contribution is 9.10. The highest BCUT2D eigenvalue weighted by Crippen LogP contribution is 2.30. The second-order valence-electron chi connectivity index (χ2n) is 8.10. The summed E-state index contributed by atoms with van der Waals surface area (Å²) >= 11 is 3.37. The van der Waals surface area contributed by atoms with Gasteiger partial charge in [0.05, 0.1) is 39.3 Å². The van der Waals surface area contributed by atoms with Gasteiger partial charge in [-0.1, -0.05) is 0 Å². The van der Waals surface area contributed by atoms with Gasteiger partial charge in [-0.3, -0.25) is 14.7 Å². The van der Waals surface area contributed by atoms with Crippen LogP contribution in [0.1, 0.15) is 37.8 Å². The van der Waals surface area contributed by atoms with E-state index in [0.29, 0.717) is 27.1 Å². The van der Waals surface area contributed by atoms with E-state index >= 15 is 0 Å². The smallest absolute Gasteiger partial charge is 0.365 e. The van der Waals surface area contributed by atoms with Crippen LogP contribution in [0.4, 0.5) is 18.9 Å². The minimum Gasteiger partial charge on any atom is -0.365 e. The number of anilines is 1. The van der Waals surface area contributed by atoms with Crippen molar-refractivity contribution in [2.75, 3.05) is 5.32 Å². The largest absolute Gasteiger partial charge is 0.436 e. The number of aryl methyl sites for hydroxylation is 1. The molecule has 0 saturated heterocycles. The van der Waals surface area contributed by atoms with E-state index in [2.05, 4.69) is 51.7 Å². The first-order valence-corrected chi connectivity index (χ1v) is 11.6. The van der Waals surface area contributed by atoms with Crippen molar-refractivity contribution >= 4 is 44.3 Å². The number of amides is 2. The number of carbonyl (C=O) groups excluding carboxylic acids is 2. The van der Waals surface area contributed by atoms with Gasteiger partial charge in [0.15, 0.2) is 11.5 Å². The molecular formula is C22H16BrF3N10O2. The van der Waals surface area contributed by atoms with Gasteiger partial charge in [0.1, 0.15) is 12.2 Å². The number of aromatic nitrogens is 8. The Kier molecular flexibility index (Phi) is 6.18. The molecule has 0 aliphatic rings. The molecule has 194 valence electrons. The van der Waals surface area contributed by atoms with E-state index in [0.717, 1.165) is 4.80 Å². The van der Waals surface area contributed by atoms with Gasteiger partial charge in [0.25, 0.3) is 11.8 Å². The number of nitrogens with zero attached hydrogens (tertiary/aromatic N) is 7. The molecule has 12 nitrogen and oxygen atoms in total. The van der Waals surface area contributed by atoms with Gasteiger partial charge in [-0.25, -0.2) is 9.67 Å². The number of hydrogen-bond donors (Lipinski definition) is 3. The summed E-state index contributed by atoms with van der Waals surface area (Å²) in [5.74, 6) is -1.23. The van der Waals surface area contributed by atoms with Gasteiger partial charge in [0, 0.05) is 11.6 Å². The van der Waals surface area contributed by atoms with Crippen LogP contribution in [0.25, 0.3) is 16.7 Å². The number of primary amides is 1. The standard InChI is InChI=1S/C22H16BrF3N10O2/c1-10-5-11-7-29-32-18(11)16(19(27)37)17(10)31-21(38)14-6-12(9-35-30-8-15(34-35)22(24,25)26)33-36(14)20-13(23)3-2-4-28-20/h2-8H,9H2,1H3,(H2,27,37)(H,29,32)(H,31,38). The number of pyridine rings is 1. The average Bonchev–Trinajstić information content (AvgIpc) is 3.59. The topological polar surface area (TPSA) is 162 Å². The Balaban J connectivity index is 1.56. The summed E-state index contributed by atoms with van der Waals surface area (Å²) in [4.78, 5) is 30.9. The van der Waals surface area contributed by atoms with E-state index in [4.69, 9.17) is 5.73 Å². The second kappa shape index (κ2) is 9.37. The predicted octanol–water partition coefficient (Wildman–Crippen LogP) is 3.22. The molecule has 0 spiro atoms. The Morgan fingerprint density at radius 2 is 2.00 bits per heavy atom. The van der Waals surface area contributed by atoms with Gasteiger partial charge < -0.3 is 11.1 Å². The number of alkyl halides is 3. The molecule has 0 aliphatic carbocycles. The molecule has 4 N–H and O–H groups in total. The van der Waals surface area contributed by atoms with Crippen molar-refractivity contribution in [3.8, 4) is 5.82 Å². The zero-order chi connectivity index (χ0) is 27.2. The zero-order valence-corrected chi connectivity index (χ0v) is 20.9. The summed E-state index contributed by atoms with van der Waals surface area (Å²) in [7, 11) is 0. The third-order valence-corrected chi connectivity index (χ3v) is 6.10. The number of aromatic amines is 1. The van der Waals surface area contributed by atoms with Crippen molar-refractivity contribution in [1.29, 1.82) is 0 Å². The fourth-order valence-corrected chi connectivity index (χ4v) is 4.25. The Morgan fingerprint density at radius 1 is 1.21 bits per heavy atom. The molecule has 2 amide bonds. The lowest BCUT2D eigenvalue weighted by Gasteiger charge is -2.14.